The molecule has 0 saturated heterocycles. The predicted octanol–water partition coefficient (Wildman–Crippen LogP) is 1.05. The Kier molecular flexibility index (Phi) is 8.27. The monoisotopic (exact) mass is 281 g/mol. The van der Waals surface area contributed by atoms with Crippen molar-refractivity contribution in [3.05, 3.63) is 30.3 Å². The first-order valence-electron chi connectivity index (χ1n) is 2.54. The molecule has 0 atom stereocenters. The average molecular weight is 281 g/mol. The fraction of sp³-hybridized carbons (Fsp3) is 0. The number of rotatable bonds is 0. The summed E-state index contributed by atoms with van der Waals surface area (Å²) >= 11 is 1.17. The van der Waals surface area contributed by atoms with Crippen LogP contribution in [0.1, 0.15) is 0 Å². The van der Waals surface area contributed by atoms with E-state index in [1.165, 1.54) is 40.7 Å². The summed E-state index contributed by atoms with van der Waals surface area (Å²) < 4.78 is 9.92. The Balaban J connectivity index is 0.000000236. The summed E-state index contributed by atoms with van der Waals surface area (Å²) in [6.07, 6.45) is 0. The Hall–Kier alpha value is 0.657. The van der Waals surface area contributed by atoms with Crippen molar-refractivity contribution in [2.75, 3.05) is 0 Å². The molecule has 1 aromatic carbocycles. The van der Waals surface area contributed by atoms with Gasteiger partial charge in [-0.3, -0.25) is 0 Å². The van der Waals surface area contributed by atoms with Crippen molar-refractivity contribution in [2.45, 2.75) is 0 Å². The van der Waals surface area contributed by atoms with E-state index in [2.05, 4.69) is 24.3 Å². The second-order valence-corrected chi connectivity index (χ2v) is 3.42. The second kappa shape index (κ2) is 7.76. The van der Waals surface area contributed by atoms with Gasteiger partial charge in [-0.25, -0.2) is 4.57 Å². The van der Waals surface area contributed by atoms with Crippen molar-refractivity contribution >= 4 is 9.77 Å². The Morgan fingerprint density at radius 1 is 1.30 bits per heavy atom. The van der Waals surface area contributed by atoms with Crippen LogP contribution in [0.3, 0.4) is 0 Å². The van der Waals surface area contributed by atoms with E-state index in [0.717, 1.165) is 0 Å². The summed E-state index contributed by atoms with van der Waals surface area (Å²) in [5.74, 6) is 0. The summed E-state index contributed by atoms with van der Waals surface area (Å²) in [4.78, 5) is 6.99. The van der Waals surface area contributed by atoms with Gasteiger partial charge in [0, 0.05) is 0 Å². The Morgan fingerprint density at radius 2 is 1.70 bits per heavy atom. The molecule has 0 unspecified atom stereocenters. The third kappa shape index (κ3) is 6.77. The zero-order chi connectivity index (χ0) is 7.82. The van der Waals surface area contributed by atoms with Crippen molar-refractivity contribution in [3.63, 3.8) is 0 Å². The molecule has 1 aromatic rings. The molecule has 1 rings (SSSR count). The summed E-state index contributed by atoms with van der Waals surface area (Å²) in [7, 11) is -0.833. The van der Waals surface area contributed by atoms with Gasteiger partial charge in [-0.2, -0.15) is 0 Å². The topological polar surface area (TPSA) is 37.3 Å². The molecule has 2 nitrogen and oxygen atoms in total. The van der Waals surface area contributed by atoms with Crippen LogP contribution in [0.5, 0.6) is 0 Å². The molecule has 4 heteroatoms. The van der Waals surface area contributed by atoms with E-state index >= 15 is 0 Å². The predicted molar refractivity (Wildman–Crippen MR) is 35.9 cm³/mol. The number of hydrogen-bond donors (Lipinski definition) is 1. The van der Waals surface area contributed by atoms with Gasteiger partial charge < -0.3 is 4.89 Å². The normalized spacial score (nSPS) is 8.00. The maximum absolute atomic E-state index is 8.46. The van der Waals surface area contributed by atoms with Crippen LogP contribution < -0.4 is 1.08 Å². The number of benzene rings is 1. The zero-order valence-electron chi connectivity index (χ0n) is 5.19. The first kappa shape index (κ1) is 10.7. The molecule has 0 aliphatic heterocycles. The summed E-state index contributed by atoms with van der Waals surface area (Å²) in [6.45, 7) is 0. The molecule has 0 bridgehead atoms. The molecule has 0 saturated carbocycles. The van der Waals surface area contributed by atoms with E-state index in [1.54, 1.807) is 0 Å². The van der Waals surface area contributed by atoms with Gasteiger partial charge in [0.05, 0.1) is 0 Å². The van der Waals surface area contributed by atoms with Gasteiger partial charge >= 0.3 is 79.7 Å². The van der Waals surface area contributed by atoms with E-state index in [1.807, 2.05) is 6.07 Å². The van der Waals surface area contributed by atoms with Crippen molar-refractivity contribution in [1.29, 1.82) is 0 Å². The molecular formula is C6H6CeO2P. The Morgan fingerprint density at radius 3 is 1.90 bits per heavy atom. The van der Waals surface area contributed by atoms with E-state index < -0.39 is 8.69 Å². The van der Waals surface area contributed by atoms with Crippen LogP contribution in [0, 0.1) is 39.6 Å². The molecule has 10 heavy (non-hydrogen) atoms. The van der Waals surface area contributed by atoms with Crippen LogP contribution in [0.4, 0.5) is 0 Å². The first-order chi connectivity index (χ1) is 4.81. The molecule has 0 radical (unpaired) electrons. The number of hydrogen-bond acceptors (Lipinski definition) is 1. The van der Waals surface area contributed by atoms with Crippen LogP contribution in [-0.4, -0.2) is 4.89 Å². The minimum absolute atomic E-state index is 0.833. The van der Waals surface area contributed by atoms with Gasteiger partial charge in [-0.05, 0) is 0 Å². The van der Waals surface area contributed by atoms with Gasteiger partial charge in [0.2, 0.25) is 0 Å². The van der Waals surface area contributed by atoms with Crippen molar-refractivity contribution in [3.8, 4) is 0 Å². The van der Waals surface area contributed by atoms with Gasteiger partial charge in [-0.15, -0.1) is 0 Å². The molecule has 1 N–H and O–H groups in total. The average Bonchev–Trinajstić information content (AvgIpc) is 1.91. The van der Waals surface area contributed by atoms with E-state index in [9.17, 15) is 0 Å². The Bertz CT molecular complexity index is 178. The first-order valence-corrected chi connectivity index (χ1v) is 4.88. The fourth-order valence-electron chi connectivity index (χ4n) is 0.438. The molecule has 0 fully saturated rings. The summed E-state index contributed by atoms with van der Waals surface area (Å²) in [5.41, 5.74) is 0. The van der Waals surface area contributed by atoms with Crippen LogP contribution in [0.25, 0.3) is 0 Å². The minimum atomic E-state index is -0.833. The second-order valence-electron chi connectivity index (χ2n) is 1.45. The maximum atomic E-state index is 8.46. The summed E-state index contributed by atoms with van der Waals surface area (Å²) in [5, 5.41) is 0. The molecule has 0 aliphatic rings. The van der Waals surface area contributed by atoms with Crippen LogP contribution >= 0.6 is 8.69 Å². The molecule has 0 heterocycles. The fourth-order valence-corrected chi connectivity index (χ4v) is 1.04. The third-order valence-corrected chi connectivity index (χ3v) is 1.82. The van der Waals surface area contributed by atoms with Gasteiger partial charge in [0.1, 0.15) is 0 Å². The SMILES string of the molecule is O=PO.[Ce][c]1ccccc1. The van der Waals surface area contributed by atoms with E-state index in [0.29, 0.717) is 0 Å². The van der Waals surface area contributed by atoms with E-state index in [4.69, 9.17) is 9.46 Å². The Labute approximate surface area is 88.2 Å². The van der Waals surface area contributed by atoms with Crippen LogP contribution in [0.15, 0.2) is 30.3 Å². The van der Waals surface area contributed by atoms with Crippen LogP contribution in [-0.2, 0) is 4.57 Å². The van der Waals surface area contributed by atoms with Gasteiger partial charge in [-0.1, -0.05) is 0 Å². The third-order valence-electron chi connectivity index (χ3n) is 0.774. The van der Waals surface area contributed by atoms with E-state index in [-0.39, 0.29) is 0 Å². The van der Waals surface area contributed by atoms with Crippen molar-refractivity contribution < 1.29 is 49.1 Å². The standard InChI is InChI=1S/C6H5.Ce.HO2P/c1-2-4-6-5-3-1;;1-3-2/h1-5H;;(H,1,2). The molecule has 0 amide bonds. The quantitative estimate of drug-likeness (QED) is 0.722. The van der Waals surface area contributed by atoms with Crippen LogP contribution in [0.2, 0.25) is 0 Å². The molecule has 0 aliphatic carbocycles. The molecule has 0 spiro atoms. The van der Waals surface area contributed by atoms with Gasteiger partial charge in [0.25, 0.3) is 0 Å². The molecule has 51 valence electrons. The molecular weight excluding hydrogens is 275 g/mol. The zero-order valence-corrected chi connectivity index (χ0v) is 9.22. The van der Waals surface area contributed by atoms with Gasteiger partial charge in [0.15, 0.2) is 0 Å². The summed E-state index contributed by atoms with van der Waals surface area (Å²) in [6, 6.07) is 10.5. The van der Waals surface area contributed by atoms with Crippen molar-refractivity contribution in [1.82, 2.24) is 0 Å². The van der Waals surface area contributed by atoms with Crippen molar-refractivity contribution in [2.24, 2.45) is 0 Å². The molecule has 0 aromatic heterocycles.